The van der Waals surface area contributed by atoms with E-state index in [1.807, 2.05) is 53.6 Å². The second-order valence-electron chi connectivity index (χ2n) is 21.6. The van der Waals surface area contributed by atoms with Crippen LogP contribution in [0.1, 0.15) is 165 Å². The third-order valence-corrected chi connectivity index (χ3v) is 11.5. The molecule has 410 valence electrons. The third-order valence-electron chi connectivity index (χ3n) is 11.5. The maximum absolute atomic E-state index is 14.1. The first-order valence-electron chi connectivity index (χ1n) is 25.3. The van der Waals surface area contributed by atoms with E-state index in [9.17, 15) is 48.3 Å². The summed E-state index contributed by atoms with van der Waals surface area (Å²) in [6.07, 6.45) is 6.77. The molecular weight excluding hydrogens is 931 g/mol. The third kappa shape index (κ3) is 23.7. The molecule has 0 bridgehead atoms. The van der Waals surface area contributed by atoms with Gasteiger partial charge in [0.15, 0.2) is 12.1 Å². The number of amides is 9. The molecule has 1 rings (SSSR count). The standard InChI is InChI=1S/C50H89N11O11/c1-16-17-18-19-20-21-22-34(54-42(66)37-28-72-29-52-37)40(64)57-39(33(7)62)44(68)59-49(10,11)46(70)56-35(25-30(2)3)41(65)55-36(26-31(4)5)43(67)58-50(12,13)47(71)60-48(8,9)45(69)51-24-23-38(63)53-32(6)27-61(14)15/h28-36,39,62H,16-27H2,1-15H3,(H,51,69)(H,53,63)(H,54,66)(H,55,65)(H,56,70)(H,57,64)(H,58,67)(H,59,68)(H,60,71)/t32-,33+,34-,35-,36-,39-/m0/s1. The van der Waals surface area contributed by atoms with Gasteiger partial charge in [0, 0.05) is 25.6 Å². The number of aliphatic hydroxyl groups excluding tert-OH is 1. The zero-order valence-electron chi connectivity index (χ0n) is 45.7. The van der Waals surface area contributed by atoms with Crippen LogP contribution < -0.4 is 47.9 Å². The van der Waals surface area contributed by atoms with E-state index in [2.05, 4.69) is 59.8 Å². The smallest absolute Gasteiger partial charge is 0.273 e. The largest absolute Gasteiger partial charge is 0.451 e. The van der Waals surface area contributed by atoms with Gasteiger partial charge in [-0.2, -0.15) is 0 Å². The van der Waals surface area contributed by atoms with Crippen molar-refractivity contribution in [1.82, 2.24) is 57.7 Å². The van der Waals surface area contributed by atoms with E-state index in [4.69, 9.17) is 4.42 Å². The van der Waals surface area contributed by atoms with Crippen LogP contribution in [0, 0.1) is 11.8 Å². The van der Waals surface area contributed by atoms with E-state index >= 15 is 0 Å². The fourth-order valence-corrected chi connectivity index (χ4v) is 7.47. The van der Waals surface area contributed by atoms with Crippen molar-refractivity contribution in [3.63, 3.8) is 0 Å². The Labute approximate surface area is 427 Å². The van der Waals surface area contributed by atoms with Crippen molar-refractivity contribution in [2.75, 3.05) is 27.2 Å². The average molecular weight is 1020 g/mol. The average Bonchev–Trinajstić information content (AvgIpc) is 3.80. The number of oxazole rings is 1. The number of likely N-dealkylation sites (N-methyl/N-ethyl adjacent to an activating group) is 1. The Bertz CT molecular complexity index is 1930. The quantitative estimate of drug-likeness (QED) is 0.0449. The summed E-state index contributed by atoms with van der Waals surface area (Å²) in [4.78, 5) is 127. The minimum absolute atomic E-state index is 0.0245. The topological polar surface area (TPSA) is 311 Å². The van der Waals surface area contributed by atoms with Gasteiger partial charge in [0.05, 0.1) is 6.10 Å². The molecule has 72 heavy (non-hydrogen) atoms. The number of aliphatic hydroxyl groups is 1. The molecule has 0 spiro atoms. The van der Waals surface area contributed by atoms with Crippen LogP contribution in [0.15, 0.2) is 17.1 Å². The number of nitrogens with zero attached hydrogens (tertiary/aromatic N) is 2. The number of carbonyl (C=O) groups excluding carboxylic acids is 9. The van der Waals surface area contributed by atoms with Crippen molar-refractivity contribution in [1.29, 1.82) is 0 Å². The minimum atomic E-state index is -1.72. The van der Waals surface area contributed by atoms with Gasteiger partial charge in [-0.1, -0.05) is 73.1 Å². The van der Waals surface area contributed by atoms with E-state index in [0.29, 0.717) is 13.0 Å². The van der Waals surface area contributed by atoms with Crippen molar-refractivity contribution in [2.24, 2.45) is 11.8 Å². The Balaban J connectivity index is 3.13. The number of carbonyl (C=O) groups is 9. The minimum Gasteiger partial charge on any atom is -0.451 e. The van der Waals surface area contributed by atoms with Gasteiger partial charge >= 0.3 is 0 Å². The van der Waals surface area contributed by atoms with Crippen molar-refractivity contribution in [3.8, 4) is 0 Å². The first-order chi connectivity index (χ1) is 33.3. The number of hydrogen-bond acceptors (Lipinski definition) is 13. The summed E-state index contributed by atoms with van der Waals surface area (Å²) in [5, 5.41) is 34.8. The Morgan fingerprint density at radius 2 is 1.15 bits per heavy atom. The lowest BCUT2D eigenvalue weighted by atomic mass is 9.96. The van der Waals surface area contributed by atoms with Crippen molar-refractivity contribution < 1.29 is 52.7 Å². The highest BCUT2D eigenvalue weighted by Gasteiger charge is 2.40. The number of hydrogen-bond donors (Lipinski definition) is 10. The monoisotopic (exact) mass is 1020 g/mol. The highest BCUT2D eigenvalue weighted by atomic mass is 16.3. The van der Waals surface area contributed by atoms with Crippen LogP contribution in [-0.4, -0.2) is 148 Å². The molecule has 0 aliphatic carbocycles. The summed E-state index contributed by atoms with van der Waals surface area (Å²) in [6.45, 7) is 21.9. The van der Waals surface area contributed by atoms with Gasteiger partial charge in [-0.05, 0) is 101 Å². The SMILES string of the molecule is CCCCCCCC[C@H](NC(=O)c1cocn1)C(=O)N[C@H](C(=O)NC(C)(C)C(=O)N[C@@H](CC(C)C)C(=O)N[C@@H](CC(C)C)C(=O)NC(C)(C)C(=O)NC(C)(C)C(=O)NCCC(=O)N[C@@H](C)CN(C)C)[C@@H](C)O. The van der Waals surface area contributed by atoms with Crippen LogP contribution in [0.2, 0.25) is 0 Å². The van der Waals surface area contributed by atoms with Gasteiger partial charge in [0.1, 0.15) is 47.0 Å². The molecule has 9 amide bonds. The van der Waals surface area contributed by atoms with Gasteiger partial charge in [0.2, 0.25) is 47.3 Å². The number of rotatable bonds is 33. The molecule has 0 unspecified atom stereocenters. The lowest BCUT2D eigenvalue weighted by molar-refractivity contribution is -0.139. The molecule has 0 aromatic carbocycles. The molecule has 0 fully saturated rings. The molecule has 0 aliphatic heterocycles. The van der Waals surface area contributed by atoms with Crippen LogP contribution >= 0.6 is 0 Å². The Morgan fingerprint density at radius 1 is 0.625 bits per heavy atom. The van der Waals surface area contributed by atoms with Crippen molar-refractivity contribution >= 4 is 53.2 Å². The fraction of sp³-hybridized carbons (Fsp3) is 0.760. The summed E-state index contributed by atoms with van der Waals surface area (Å²) < 4.78 is 4.91. The second-order valence-corrected chi connectivity index (χ2v) is 21.6. The van der Waals surface area contributed by atoms with Gasteiger partial charge in [-0.3, -0.25) is 43.2 Å². The number of unbranched alkanes of at least 4 members (excludes halogenated alkanes) is 5. The fourth-order valence-electron chi connectivity index (χ4n) is 7.47. The van der Waals surface area contributed by atoms with Crippen molar-refractivity contribution in [3.05, 3.63) is 18.4 Å². The Morgan fingerprint density at radius 3 is 1.69 bits per heavy atom. The summed E-state index contributed by atoms with van der Waals surface area (Å²) >= 11 is 0. The molecule has 0 saturated heterocycles. The molecule has 10 N–H and O–H groups in total. The molecule has 1 aromatic rings. The van der Waals surface area contributed by atoms with Gasteiger partial charge < -0.3 is 62.3 Å². The first kappa shape index (κ1) is 64.4. The lowest BCUT2D eigenvalue weighted by Crippen LogP contribution is -2.65. The van der Waals surface area contributed by atoms with Gasteiger partial charge in [0.25, 0.3) is 5.91 Å². The van der Waals surface area contributed by atoms with Gasteiger partial charge in [-0.15, -0.1) is 0 Å². The molecule has 6 atom stereocenters. The molecule has 22 nitrogen and oxygen atoms in total. The maximum atomic E-state index is 14.1. The Hall–Kier alpha value is -5.64. The number of nitrogens with one attached hydrogen (secondary N) is 9. The predicted molar refractivity (Wildman–Crippen MR) is 273 cm³/mol. The summed E-state index contributed by atoms with van der Waals surface area (Å²) in [6, 6.07) is -5.14. The Kier molecular flexibility index (Phi) is 27.2. The first-order valence-corrected chi connectivity index (χ1v) is 25.3. The van der Waals surface area contributed by atoms with Gasteiger partial charge in [-0.25, -0.2) is 4.98 Å². The normalized spacial score (nSPS) is 14.5. The molecule has 0 aliphatic rings. The molecule has 0 radical (unpaired) electrons. The van der Waals surface area contributed by atoms with Crippen molar-refractivity contribution in [2.45, 2.75) is 207 Å². The molecule has 1 aromatic heterocycles. The lowest BCUT2D eigenvalue weighted by Gasteiger charge is -2.34. The zero-order chi connectivity index (χ0) is 55.1. The van der Waals surface area contributed by atoms with Crippen LogP contribution in [0.3, 0.4) is 0 Å². The predicted octanol–water partition coefficient (Wildman–Crippen LogP) is 1.71. The maximum Gasteiger partial charge on any atom is 0.273 e. The van der Waals surface area contributed by atoms with Crippen LogP contribution in [0.25, 0.3) is 0 Å². The highest BCUT2D eigenvalue weighted by Crippen LogP contribution is 2.15. The summed E-state index contributed by atoms with van der Waals surface area (Å²) in [5.74, 6) is -6.29. The zero-order valence-corrected chi connectivity index (χ0v) is 45.7. The van der Waals surface area contributed by atoms with Crippen LogP contribution in [-0.2, 0) is 38.4 Å². The van der Waals surface area contributed by atoms with E-state index in [-0.39, 0.29) is 61.7 Å². The van der Waals surface area contributed by atoms with E-state index in [1.165, 1.54) is 48.5 Å². The van der Waals surface area contributed by atoms with Crippen LogP contribution in [0.5, 0.6) is 0 Å². The van der Waals surface area contributed by atoms with E-state index < -0.39 is 94.1 Å². The second kappa shape index (κ2) is 30.4. The van der Waals surface area contributed by atoms with E-state index in [1.54, 1.807) is 0 Å². The molecule has 0 saturated carbocycles. The van der Waals surface area contributed by atoms with Crippen LogP contribution in [0.4, 0.5) is 0 Å². The van der Waals surface area contributed by atoms with E-state index in [0.717, 1.165) is 44.8 Å². The molecular formula is C50H89N11O11. The molecule has 22 heteroatoms. The number of aromatic nitrogens is 1. The summed E-state index contributed by atoms with van der Waals surface area (Å²) in [7, 11) is 3.78. The summed E-state index contributed by atoms with van der Waals surface area (Å²) in [5.41, 5.74) is -4.81. The highest BCUT2D eigenvalue weighted by molar-refractivity contribution is 6.00. The molecule has 1 heterocycles.